The summed E-state index contributed by atoms with van der Waals surface area (Å²) < 4.78 is 10.0. The Labute approximate surface area is 98.1 Å². The maximum Gasteiger partial charge on any atom is 0.0978 e. The molecule has 3 heteroatoms. The molecule has 1 aromatic rings. The fourth-order valence-electron chi connectivity index (χ4n) is 0.852. The van der Waals surface area contributed by atoms with Crippen molar-refractivity contribution in [2.24, 2.45) is 0 Å². The van der Waals surface area contributed by atoms with Crippen molar-refractivity contribution in [1.29, 1.82) is 0 Å². The van der Waals surface area contributed by atoms with Crippen LogP contribution in [-0.2, 0) is 32.7 Å². The fraction of sp³-hybridized carbons (Fsp3) is 0.222. The standard InChI is InChI=1S/C9H11O2.Y/c1-7-4-5-8(10-2)6-9(7)11-3;/h4-6H,1H2,2-3H3;/q-1;. The maximum atomic E-state index is 5.04. The predicted molar refractivity (Wildman–Crippen MR) is 44.0 cm³/mol. The van der Waals surface area contributed by atoms with E-state index in [1.54, 1.807) is 14.2 Å². The van der Waals surface area contributed by atoms with E-state index in [4.69, 9.17) is 9.47 Å². The normalized spacial score (nSPS) is 8.50. The van der Waals surface area contributed by atoms with Crippen LogP contribution in [0.4, 0.5) is 0 Å². The molecule has 0 heterocycles. The Morgan fingerprint density at radius 1 is 1.17 bits per heavy atom. The van der Waals surface area contributed by atoms with E-state index in [1.807, 2.05) is 18.2 Å². The molecule has 2 nitrogen and oxygen atoms in total. The third kappa shape index (κ3) is 2.69. The van der Waals surface area contributed by atoms with Crippen molar-refractivity contribution in [2.75, 3.05) is 14.2 Å². The molecule has 0 fully saturated rings. The molecule has 63 valence electrons. The molecule has 0 saturated carbocycles. The van der Waals surface area contributed by atoms with Gasteiger partial charge in [-0.3, -0.25) is 0 Å². The van der Waals surface area contributed by atoms with Gasteiger partial charge in [-0.05, 0) is 6.07 Å². The predicted octanol–water partition coefficient (Wildman–Crippen LogP) is 1.88. The van der Waals surface area contributed by atoms with Crippen molar-refractivity contribution in [3.8, 4) is 11.5 Å². The minimum absolute atomic E-state index is 0. The molecular weight excluding hydrogens is 229 g/mol. The minimum Gasteiger partial charge on any atom is -0.553 e. The number of benzene rings is 1. The Kier molecular flexibility index (Phi) is 5.35. The minimum atomic E-state index is 0. The van der Waals surface area contributed by atoms with Crippen LogP contribution < -0.4 is 9.47 Å². The van der Waals surface area contributed by atoms with Gasteiger partial charge < -0.3 is 9.47 Å². The summed E-state index contributed by atoms with van der Waals surface area (Å²) in [5.41, 5.74) is 0.869. The third-order valence-corrected chi connectivity index (χ3v) is 1.49. The number of ether oxygens (including phenoxy) is 2. The molecule has 0 aliphatic heterocycles. The average molecular weight is 240 g/mol. The van der Waals surface area contributed by atoms with Gasteiger partial charge in [0.2, 0.25) is 0 Å². The van der Waals surface area contributed by atoms with Gasteiger partial charge in [0.1, 0.15) is 0 Å². The molecular formula is C9H11O2Y-. The molecule has 1 rings (SSSR count). The largest absolute Gasteiger partial charge is 0.553 e. The number of hydrogen-bond acceptors (Lipinski definition) is 2. The molecule has 0 atom stereocenters. The Morgan fingerprint density at radius 2 is 1.83 bits per heavy atom. The zero-order valence-corrected chi connectivity index (χ0v) is 10.2. The molecule has 12 heavy (non-hydrogen) atoms. The zero-order valence-electron chi connectivity index (χ0n) is 7.33. The Balaban J connectivity index is 0.00000121. The fourth-order valence-corrected chi connectivity index (χ4v) is 0.852. The monoisotopic (exact) mass is 240 g/mol. The van der Waals surface area contributed by atoms with Gasteiger partial charge in [-0.15, -0.1) is 0 Å². The van der Waals surface area contributed by atoms with Gasteiger partial charge in [-0.25, -0.2) is 0 Å². The Hall–Kier alpha value is -0.206. The first-order chi connectivity index (χ1) is 5.27. The smallest absolute Gasteiger partial charge is 0.0978 e. The van der Waals surface area contributed by atoms with Gasteiger partial charge in [0.15, 0.2) is 0 Å². The van der Waals surface area contributed by atoms with Crippen LogP contribution in [0.15, 0.2) is 18.2 Å². The second-order valence-corrected chi connectivity index (χ2v) is 2.18. The molecule has 0 saturated heterocycles. The first kappa shape index (κ1) is 11.8. The topological polar surface area (TPSA) is 18.5 Å². The summed E-state index contributed by atoms with van der Waals surface area (Å²) in [6.45, 7) is 3.79. The third-order valence-electron chi connectivity index (χ3n) is 1.49. The number of rotatable bonds is 2. The van der Waals surface area contributed by atoms with Gasteiger partial charge in [0, 0.05) is 38.5 Å². The van der Waals surface area contributed by atoms with E-state index in [0.29, 0.717) is 0 Å². The molecule has 0 unspecified atom stereocenters. The second-order valence-electron chi connectivity index (χ2n) is 2.18. The van der Waals surface area contributed by atoms with Crippen LogP contribution in [0.5, 0.6) is 11.5 Å². The molecule has 1 aromatic carbocycles. The summed E-state index contributed by atoms with van der Waals surface area (Å²) in [5, 5.41) is 0. The van der Waals surface area contributed by atoms with E-state index in [2.05, 4.69) is 6.92 Å². The quantitative estimate of drug-likeness (QED) is 0.735. The number of hydrogen-bond donors (Lipinski definition) is 0. The van der Waals surface area contributed by atoms with Crippen LogP contribution in [0.25, 0.3) is 0 Å². The molecule has 0 aliphatic rings. The maximum absolute atomic E-state index is 5.04. The van der Waals surface area contributed by atoms with E-state index in [1.165, 1.54) is 0 Å². The van der Waals surface area contributed by atoms with E-state index >= 15 is 0 Å². The summed E-state index contributed by atoms with van der Waals surface area (Å²) in [6.07, 6.45) is 0. The summed E-state index contributed by atoms with van der Waals surface area (Å²) >= 11 is 0. The first-order valence-electron chi connectivity index (χ1n) is 3.32. The van der Waals surface area contributed by atoms with Crippen LogP contribution in [0.2, 0.25) is 0 Å². The van der Waals surface area contributed by atoms with E-state index in [9.17, 15) is 0 Å². The van der Waals surface area contributed by atoms with Gasteiger partial charge in [0.05, 0.1) is 20.0 Å². The van der Waals surface area contributed by atoms with Crippen molar-refractivity contribution in [2.45, 2.75) is 0 Å². The van der Waals surface area contributed by atoms with E-state index in [-0.39, 0.29) is 32.7 Å². The van der Waals surface area contributed by atoms with Crippen molar-refractivity contribution in [1.82, 2.24) is 0 Å². The summed E-state index contributed by atoms with van der Waals surface area (Å²) in [7, 11) is 3.24. The van der Waals surface area contributed by atoms with Crippen LogP contribution in [0.3, 0.4) is 0 Å². The van der Waals surface area contributed by atoms with Crippen molar-refractivity contribution < 1.29 is 42.2 Å². The van der Waals surface area contributed by atoms with Gasteiger partial charge in [0.25, 0.3) is 0 Å². The molecule has 0 aliphatic carbocycles. The van der Waals surface area contributed by atoms with Crippen LogP contribution in [-0.4, -0.2) is 14.2 Å². The van der Waals surface area contributed by atoms with Gasteiger partial charge in [-0.2, -0.15) is 18.6 Å². The van der Waals surface area contributed by atoms with Crippen LogP contribution >= 0.6 is 0 Å². The molecule has 0 amide bonds. The van der Waals surface area contributed by atoms with Crippen LogP contribution in [0.1, 0.15) is 5.56 Å². The van der Waals surface area contributed by atoms with Gasteiger partial charge >= 0.3 is 0 Å². The van der Waals surface area contributed by atoms with Crippen molar-refractivity contribution in [3.63, 3.8) is 0 Å². The summed E-state index contributed by atoms with van der Waals surface area (Å²) in [5.74, 6) is 1.54. The summed E-state index contributed by atoms with van der Waals surface area (Å²) in [6, 6.07) is 5.52. The summed E-state index contributed by atoms with van der Waals surface area (Å²) in [4.78, 5) is 0. The van der Waals surface area contributed by atoms with Crippen LogP contribution in [0, 0.1) is 6.92 Å². The van der Waals surface area contributed by atoms with E-state index in [0.717, 1.165) is 17.1 Å². The molecule has 1 radical (unpaired) electrons. The zero-order chi connectivity index (χ0) is 8.27. The van der Waals surface area contributed by atoms with Crippen molar-refractivity contribution >= 4 is 0 Å². The Morgan fingerprint density at radius 3 is 2.33 bits per heavy atom. The van der Waals surface area contributed by atoms with Gasteiger partial charge in [-0.1, -0.05) is 6.07 Å². The average Bonchev–Trinajstić information content (AvgIpc) is 2.05. The number of methoxy groups -OCH3 is 2. The molecule has 0 bridgehead atoms. The molecule has 0 aromatic heterocycles. The van der Waals surface area contributed by atoms with E-state index < -0.39 is 0 Å². The first-order valence-corrected chi connectivity index (χ1v) is 3.32. The molecule has 0 N–H and O–H groups in total. The Bertz CT molecular complexity index is 248. The molecule has 0 spiro atoms. The second kappa shape index (κ2) is 5.44. The van der Waals surface area contributed by atoms with Crippen molar-refractivity contribution in [3.05, 3.63) is 30.7 Å². The SMILES string of the molecule is [CH2-]c1ccc(OC)cc1OC.[Y].